The molecule has 1 aromatic rings. The van der Waals surface area contributed by atoms with Crippen LogP contribution >= 0.6 is 0 Å². The lowest BCUT2D eigenvalue weighted by molar-refractivity contribution is -0.130. The molecule has 1 aromatic carbocycles. The molecule has 0 aliphatic carbocycles. The second kappa shape index (κ2) is 6.55. The molecule has 1 amide bonds. The Morgan fingerprint density at radius 2 is 1.86 bits per heavy atom. The van der Waals surface area contributed by atoms with E-state index in [4.69, 9.17) is 10.9 Å². The van der Waals surface area contributed by atoms with Gasteiger partial charge in [0.05, 0.1) is 16.4 Å². The highest BCUT2D eigenvalue weighted by atomic mass is 32.2. The highest BCUT2D eigenvalue weighted by Crippen LogP contribution is 2.22. The molecule has 21 heavy (non-hydrogen) atoms. The molecule has 0 aromatic heterocycles. The molecule has 6 nitrogen and oxygen atoms in total. The monoisotopic (exact) mass is 313 g/mol. The Bertz CT molecular complexity index is 592. The van der Waals surface area contributed by atoms with Gasteiger partial charge in [-0.05, 0) is 38.0 Å². The maximum atomic E-state index is 12.2. The molecule has 0 saturated carbocycles. The number of amides is 1. The number of primary sulfonamides is 1. The molecule has 0 bridgehead atoms. The zero-order valence-electron chi connectivity index (χ0n) is 12.6. The van der Waals surface area contributed by atoms with E-state index >= 15 is 0 Å². The lowest BCUT2D eigenvalue weighted by Gasteiger charge is -2.27. The van der Waals surface area contributed by atoms with E-state index in [9.17, 15) is 13.2 Å². The van der Waals surface area contributed by atoms with Crippen LogP contribution in [0.4, 0.5) is 0 Å². The number of sulfonamides is 1. The van der Waals surface area contributed by atoms with Gasteiger partial charge in [0, 0.05) is 6.54 Å². The normalized spacial score (nSPS) is 16.0. The summed E-state index contributed by atoms with van der Waals surface area (Å²) in [6, 6.07) is 5.88. The number of carbonyl (C=O) groups excluding carboxylic acids is 1. The van der Waals surface area contributed by atoms with Gasteiger partial charge in [0.15, 0.2) is 0 Å². The van der Waals surface area contributed by atoms with Gasteiger partial charge in [0.1, 0.15) is 0 Å². The largest absolute Gasteiger partial charge is 0.349 e. The fourth-order valence-electron chi connectivity index (χ4n) is 1.80. The number of hydrogen-bond donors (Lipinski definition) is 3. The van der Waals surface area contributed by atoms with E-state index in [1.165, 1.54) is 12.1 Å². The Kier molecular flexibility index (Phi) is 5.49. The molecule has 5 N–H and O–H groups in total. The van der Waals surface area contributed by atoms with Gasteiger partial charge < -0.3 is 11.1 Å². The van der Waals surface area contributed by atoms with Crippen molar-refractivity contribution < 1.29 is 13.2 Å². The minimum atomic E-state index is -3.70. The predicted octanol–water partition coefficient (Wildman–Crippen LogP) is 0.886. The fourth-order valence-corrected chi connectivity index (χ4v) is 2.31. The summed E-state index contributed by atoms with van der Waals surface area (Å²) in [5.41, 5.74) is 5.85. The van der Waals surface area contributed by atoms with Gasteiger partial charge in [-0.2, -0.15) is 0 Å². The highest BCUT2D eigenvalue weighted by Gasteiger charge is 2.30. The van der Waals surface area contributed by atoms with Gasteiger partial charge in [-0.1, -0.05) is 19.1 Å². The Labute approximate surface area is 126 Å². The van der Waals surface area contributed by atoms with Gasteiger partial charge in [-0.3, -0.25) is 4.79 Å². The highest BCUT2D eigenvalue weighted by molar-refractivity contribution is 7.89. The summed E-state index contributed by atoms with van der Waals surface area (Å²) >= 11 is 0. The first kappa shape index (κ1) is 17.6. The third-order valence-corrected chi connectivity index (χ3v) is 4.76. The van der Waals surface area contributed by atoms with Crippen LogP contribution in [0.15, 0.2) is 29.2 Å². The first-order chi connectivity index (χ1) is 9.64. The van der Waals surface area contributed by atoms with E-state index in [1.807, 2.05) is 20.8 Å². The molecular weight excluding hydrogens is 290 g/mol. The second-order valence-corrected chi connectivity index (χ2v) is 6.99. The summed E-state index contributed by atoms with van der Waals surface area (Å²) in [5.74, 6) is -0.115. The molecule has 0 aliphatic rings. The number of nitrogens with one attached hydrogen (secondary N) is 1. The van der Waals surface area contributed by atoms with Crippen molar-refractivity contribution in [1.29, 1.82) is 0 Å². The maximum Gasteiger partial charge on any atom is 0.238 e. The molecule has 0 aliphatic heterocycles. The van der Waals surface area contributed by atoms with Crippen LogP contribution in [0.1, 0.15) is 38.8 Å². The van der Waals surface area contributed by atoms with E-state index in [0.29, 0.717) is 6.42 Å². The molecule has 0 heterocycles. The van der Waals surface area contributed by atoms with Crippen LogP contribution in [0.3, 0.4) is 0 Å². The molecule has 0 fully saturated rings. The fraction of sp³-hybridized carbons (Fsp3) is 0.500. The van der Waals surface area contributed by atoms with Gasteiger partial charge >= 0.3 is 0 Å². The summed E-state index contributed by atoms with van der Waals surface area (Å²) < 4.78 is 22.4. The summed E-state index contributed by atoms with van der Waals surface area (Å²) in [5, 5.41) is 7.94. The topological polar surface area (TPSA) is 115 Å². The molecule has 0 spiro atoms. The molecule has 2 unspecified atom stereocenters. The Morgan fingerprint density at radius 3 is 2.24 bits per heavy atom. The third-order valence-electron chi connectivity index (χ3n) is 3.84. The minimum Gasteiger partial charge on any atom is -0.349 e. The van der Waals surface area contributed by atoms with Crippen molar-refractivity contribution in [3.8, 4) is 0 Å². The van der Waals surface area contributed by atoms with Crippen molar-refractivity contribution in [3.63, 3.8) is 0 Å². The molecule has 118 valence electrons. The summed E-state index contributed by atoms with van der Waals surface area (Å²) in [6.07, 6.45) is 0.645. The minimum absolute atomic E-state index is 0.0464. The van der Waals surface area contributed by atoms with Gasteiger partial charge in [0.25, 0.3) is 0 Å². The van der Waals surface area contributed by atoms with Crippen molar-refractivity contribution in [1.82, 2.24) is 5.32 Å². The molecule has 2 atom stereocenters. The first-order valence-corrected chi connectivity index (χ1v) is 8.32. The summed E-state index contributed by atoms with van der Waals surface area (Å²) in [4.78, 5) is 12.3. The first-order valence-electron chi connectivity index (χ1n) is 6.78. The Hall–Kier alpha value is -1.44. The SMILES string of the molecule is CCC(C)(CN)C(=O)NC(C)c1ccc(S(N)(=O)=O)cc1. The second-order valence-electron chi connectivity index (χ2n) is 5.43. The zero-order valence-corrected chi connectivity index (χ0v) is 13.4. The van der Waals surface area contributed by atoms with E-state index in [-0.39, 0.29) is 23.4 Å². The Morgan fingerprint density at radius 1 is 1.33 bits per heavy atom. The average Bonchev–Trinajstić information content (AvgIpc) is 2.45. The van der Waals surface area contributed by atoms with Crippen LogP contribution in [0.5, 0.6) is 0 Å². The van der Waals surface area contributed by atoms with E-state index in [0.717, 1.165) is 5.56 Å². The maximum absolute atomic E-state index is 12.2. The van der Waals surface area contributed by atoms with Crippen LogP contribution in [-0.2, 0) is 14.8 Å². The van der Waals surface area contributed by atoms with Crippen LogP contribution in [-0.4, -0.2) is 20.9 Å². The van der Waals surface area contributed by atoms with Gasteiger partial charge in [-0.15, -0.1) is 0 Å². The number of benzene rings is 1. The quantitative estimate of drug-likeness (QED) is 0.723. The molecule has 1 rings (SSSR count). The van der Waals surface area contributed by atoms with Crippen molar-refractivity contribution in [2.45, 2.75) is 38.1 Å². The molecule has 7 heteroatoms. The lowest BCUT2D eigenvalue weighted by Crippen LogP contribution is -2.44. The van der Waals surface area contributed by atoms with Crippen LogP contribution in [0.2, 0.25) is 0 Å². The van der Waals surface area contributed by atoms with Crippen molar-refractivity contribution in [2.75, 3.05) is 6.54 Å². The van der Waals surface area contributed by atoms with E-state index < -0.39 is 15.4 Å². The lowest BCUT2D eigenvalue weighted by atomic mass is 9.86. The summed E-state index contributed by atoms with van der Waals surface area (Å²) in [7, 11) is -3.70. The smallest absolute Gasteiger partial charge is 0.238 e. The number of nitrogens with two attached hydrogens (primary N) is 2. The van der Waals surface area contributed by atoms with Crippen molar-refractivity contribution in [3.05, 3.63) is 29.8 Å². The Balaban J connectivity index is 2.86. The standard InChI is InChI=1S/C14H23N3O3S/c1-4-14(3,9-15)13(18)17-10(2)11-5-7-12(8-6-11)21(16,19)20/h5-8,10H,4,9,15H2,1-3H3,(H,17,18)(H2,16,19,20). The third kappa shape index (κ3) is 4.26. The van der Waals surface area contributed by atoms with Crippen LogP contribution < -0.4 is 16.2 Å². The number of carbonyl (C=O) groups is 1. The van der Waals surface area contributed by atoms with Gasteiger partial charge in [-0.25, -0.2) is 13.6 Å². The number of rotatable bonds is 6. The van der Waals surface area contributed by atoms with Crippen LogP contribution in [0, 0.1) is 5.41 Å². The van der Waals surface area contributed by atoms with Gasteiger partial charge in [0.2, 0.25) is 15.9 Å². The predicted molar refractivity (Wildman–Crippen MR) is 81.8 cm³/mol. The summed E-state index contributed by atoms with van der Waals surface area (Å²) in [6.45, 7) is 5.83. The van der Waals surface area contributed by atoms with Crippen LogP contribution in [0.25, 0.3) is 0 Å². The van der Waals surface area contributed by atoms with E-state index in [2.05, 4.69) is 5.32 Å². The number of hydrogen-bond acceptors (Lipinski definition) is 4. The van der Waals surface area contributed by atoms with E-state index in [1.54, 1.807) is 12.1 Å². The van der Waals surface area contributed by atoms with Crippen molar-refractivity contribution in [2.24, 2.45) is 16.3 Å². The molecule has 0 radical (unpaired) electrons. The average molecular weight is 313 g/mol. The zero-order chi connectivity index (χ0) is 16.3. The van der Waals surface area contributed by atoms with Crippen molar-refractivity contribution >= 4 is 15.9 Å². The molecular formula is C14H23N3O3S. The molecule has 0 saturated heterocycles.